The van der Waals surface area contributed by atoms with Crippen LogP contribution < -0.4 is 14.8 Å². The summed E-state index contributed by atoms with van der Waals surface area (Å²) in [6, 6.07) is 13.0. The Labute approximate surface area is 157 Å². The van der Waals surface area contributed by atoms with Gasteiger partial charge in [-0.2, -0.15) is 0 Å². The van der Waals surface area contributed by atoms with Gasteiger partial charge in [0.1, 0.15) is 11.5 Å². The molecule has 0 unspecified atom stereocenters. The van der Waals surface area contributed by atoms with Crippen LogP contribution in [0.4, 0.5) is 0 Å². The zero-order valence-electron chi connectivity index (χ0n) is 14.5. The van der Waals surface area contributed by atoms with E-state index in [4.69, 9.17) is 21.1 Å². The molecule has 0 saturated carbocycles. The van der Waals surface area contributed by atoms with Crippen LogP contribution in [-0.4, -0.2) is 25.9 Å². The summed E-state index contributed by atoms with van der Waals surface area (Å²) in [7, 11) is 3.22. The normalized spacial score (nSPS) is 11.7. The van der Waals surface area contributed by atoms with Gasteiger partial charge in [-0.1, -0.05) is 23.7 Å². The molecule has 2 aromatic rings. The lowest BCUT2D eigenvalue weighted by molar-refractivity contribution is -0.119. The van der Waals surface area contributed by atoms with Crippen molar-refractivity contribution in [3.8, 4) is 11.5 Å². The summed E-state index contributed by atoms with van der Waals surface area (Å²) in [6.45, 7) is 1.93. The number of hydrogen-bond acceptors (Lipinski definition) is 4. The molecule has 4 nitrogen and oxygen atoms in total. The summed E-state index contributed by atoms with van der Waals surface area (Å²) >= 11 is 7.52. The van der Waals surface area contributed by atoms with E-state index >= 15 is 0 Å². The topological polar surface area (TPSA) is 47.6 Å². The molecule has 6 heteroatoms. The minimum absolute atomic E-state index is 0.0237. The van der Waals surface area contributed by atoms with E-state index in [1.54, 1.807) is 26.0 Å². The van der Waals surface area contributed by atoms with Crippen molar-refractivity contribution in [3.63, 3.8) is 0 Å². The number of carbonyl (C=O) groups is 1. The summed E-state index contributed by atoms with van der Waals surface area (Å²) in [6.07, 6.45) is 0. The maximum atomic E-state index is 12.2. The van der Waals surface area contributed by atoms with Gasteiger partial charge in [0.2, 0.25) is 5.91 Å². The van der Waals surface area contributed by atoms with E-state index in [0.29, 0.717) is 10.8 Å². The summed E-state index contributed by atoms with van der Waals surface area (Å²) < 4.78 is 10.6. The van der Waals surface area contributed by atoms with Gasteiger partial charge in [0.15, 0.2) is 0 Å². The van der Waals surface area contributed by atoms with Gasteiger partial charge in [0.25, 0.3) is 0 Å². The fraction of sp³-hybridized carbons (Fsp3) is 0.316. The van der Waals surface area contributed by atoms with Crippen LogP contribution in [0.2, 0.25) is 5.02 Å². The lowest BCUT2D eigenvalue weighted by Crippen LogP contribution is -2.28. The third kappa shape index (κ3) is 5.87. The summed E-state index contributed by atoms with van der Waals surface area (Å²) in [5.41, 5.74) is 1.99. The third-order valence-electron chi connectivity index (χ3n) is 3.67. The first kappa shape index (κ1) is 19.5. The highest BCUT2D eigenvalue weighted by Gasteiger charge is 2.15. The smallest absolute Gasteiger partial charge is 0.230 e. The predicted molar refractivity (Wildman–Crippen MR) is 104 cm³/mol. The maximum Gasteiger partial charge on any atom is 0.230 e. The van der Waals surface area contributed by atoms with Gasteiger partial charge in [-0.05, 0) is 42.8 Å². The van der Waals surface area contributed by atoms with E-state index < -0.39 is 0 Å². The number of halogens is 1. The van der Waals surface area contributed by atoms with Crippen molar-refractivity contribution in [2.45, 2.75) is 18.7 Å². The average Bonchev–Trinajstić information content (AvgIpc) is 2.61. The number of carbonyl (C=O) groups excluding carboxylic acids is 1. The van der Waals surface area contributed by atoms with E-state index in [1.165, 1.54) is 0 Å². The number of amides is 1. The molecule has 0 saturated heterocycles. The molecule has 0 radical (unpaired) electrons. The summed E-state index contributed by atoms with van der Waals surface area (Å²) in [4.78, 5) is 12.2. The standard InChI is InChI=1S/C19H22ClNO3S/c1-13(17-10-16(23-2)7-8-18(17)24-3)21-19(22)12-25-11-14-5-4-6-15(20)9-14/h4-10,13H,11-12H2,1-3H3,(H,21,22)/t13-/m1/s1. The Morgan fingerprint density at radius 3 is 2.68 bits per heavy atom. The fourth-order valence-corrected chi connectivity index (χ4v) is 3.43. The predicted octanol–water partition coefficient (Wildman–Crippen LogP) is 4.47. The van der Waals surface area contributed by atoms with Crippen molar-refractivity contribution in [2.75, 3.05) is 20.0 Å². The molecule has 25 heavy (non-hydrogen) atoms. The number of benzene rings is 2. The zero-order valence-corrected chi connectivity index (χ0v) is 16.1. The first-order chi connectivity index (χ1) is 12.0. The molecule has 0 aliphatic heterocycles. The number of methoxy groups -OCH3 is 2. The molecule has 1 N–H and O–H groups in total. The Morgan fingerprint density at radius 1 is 1.20 bits per heavy atom. The van der Waals surface area contributed by atoms with Crippen molar-refractivity contribution >= 4 is 29.3 Å². The molecule has 2 aromatic carbocycles. The lowest BCUT2D eigenvalue weighted by Gasteiger charge is -2.18. The molecule has 1 atom stereocenters. The van der Waals surface area contributed by atoms with Gasteiger partial charge in [-0.25, -0.2) is 0 Å². The van der Waals surface area contributed by atoms with Gasteiger partial charge >= 0.3 is 0 Å². The van der Waals surface area contributed by atoms with E-state index in [2.05, 4.69) is 5.32 Å². The van der Waals surface area contributed by atoms with Crippen molar-refractivity contribution in [1.29, 1.82) is 0 Å². The Bertz CT molecular complexity index is 724. The summed E-state index contributed by atoms with van der Waals surface area (Å²) in [5.74, 6) is 2.55. The van der Waals surface area contributed by atoms with E-state index in [-0.39, 0.29) is 11.9 Å². The molecular weight excluding hydrogens is 358 g/mol. The second-order valence-electron chi connectivity index (χ2n) is 5.52. The molecule has 0 bridgehead atoms. The van der Waals surface area contributed by atoms with Crippen LogP contribution >= 0.6 is 23.4 Å². The SMILES string of the molecule is COc1ccc(OC)c([C@@H](C)NC(=O)CSCc2cccc(Cl)c2)c1. The minimum Gasteiger partial charge on any atom is -0.497 e. The van der Waals surface area contributed by atoms with Gasteiger partial charge in [0.05, 0.1) is 26.0 Å². The Kier molecular flexibility index (Phi) is 7.47. The fourth-order valence-electron chi connectivity index (χ4n) is 2.43. The number of rotatable bonds is 8. The largest absolute Gasteiger partial charge is 0.497 e. The highest BCUT2D eigenvalue weighted by Crippen LogP contribution is 2.29. The van der Waals surface area contributed by atoms with Crippen LogP contribution in [0, 0.1) is 0 Å². The van der Waals surface area contributed by atoms with Crippen molar-refractivity contribution in [1.82, 2.24) is 5.32 Å². The second kappa shape index (κ2) is 9.59. The average molecular weight is 380 g/mol. The highest BCUT2D eigenvalue weighted by molar-refractivity contribution is 7.99. The van der Waals surface area contributed by atoms with Gasteiger partial charge < -0.3 is 14.8 Å². The van der Waals surface area contributed by atoms with E-state index in [1.807, 2.05) is 49.4 Å². The third-order valence-corrected chi connectivity index (χ3v) is 4.91. The molecule has 0 spiro atoms. The molecule has 2 rings (SSSR count). The number of hydrogen-bond donors (Lipinski definition) is 1. The van der Waals surface area contributed by atoms with Crippen LogP contribution in [0.5, 0.6) is 11.5 Å². The second-order valence-corrected chi connectivity index (χ2v) is 6.94. The number of nitrogens with one attached hydrogen (secondary N) is 1. The number of ether oxygens (including phenoxy) is 2. The molecule has 0 aliphatic rings. The Morgan fingerprint density at radius 2 is 2.00 bits per heavy atom. The molecule has 0 aromatic heterocycles. The van der Waals surface area contributed by atoms with Crippen molar-refractivity contribution in [2.24, 2.45) is 0 Å². The van der Waals surface area contributed by atoms with Crippen LogP contribution in [0.1, 0.15) is 24.1 Å². The quantitative estimate of drug-likeness (QED) is 0.735. The van der Waals surface area contributed by atoms with Crippen molar-refractivity contribution < 1.29 is 14.3 Å². The minimum atomic E-state index is -0.177. The first-order valence-corrected chi connectivity index (χ1v) is 9.40. The Balaban J connectivity index is 1.89. The first-order valence-electron chi connectivity index (χ1n) is 7.87. The van der Waals surface area contributed by atoms with Crippen LogP contribution in [-0.2, 0) is 10.5 Å². The van der Waals surface area contributed by atoms with Gasteiger partial charge in [-0.3, -0.25) is 4.79 Å². The van der Waals surface area contributed by atoms with Gasteiger partial charge in [0, 0.05) is 16.3 Å². The lowest BCUT2D eigenvalue weighted by atomic mass is 10.1. The molecule has 1 amide bonds. The highest BCUT2D eigenvalue weighted by atomic mass is 35.5. The maximum absolute atomic E-state index is 12.2. The molecular formula is C19H22ClNO3S. The zero-order chi connectivity index (χ0) is 18.2. The number of thioether (sulfide) groups is 1. The Hall–Kier alpha value is -1.85. The van der Waals surface area contributed by atoms with Crippen LogP contribution in [0.15, 0.2) is 42.5 Å². The summed E-state index contributed by atoms with van der Waals surface area (Å²) in [5, 5.41) is 3.71. The molecule has 0 aliphatic carbocycles. The van der Waals surface area contributed by atoms with E-state index in [0.717, 1.165) is 28.4 Å². The monoisotopic (exact) mass is 379 g/mol. The van der Waals surface area contributed by atoms with Gasteiger partial charge in [-0.15, -0.1) is 11.8 Å². The van der Waals surface area contributed by atoms with Crippen LogP contribution in [0.25, 0.3) is 0 Å². The van der Waals surface area contributed by atoms with E-state index in [9.17, 15) is 4.79 Å². The van der Waals surface area contributed by atoms with Crippen molar-refractivity contribution in [3.05, 3.63) is 58.6 Å². The molecule has 0 heterocycles. The van der Waals surface area contributed by atoms with Crippen LogP contribution in [0.3, 0.4) is 0 Å². The molecule has 134 valence electrons. The molecule has 0 fully saturated rings.